The van der Waals surface area contributed by atoms with Crippen LogP contribution < -0.4 is 5.32 Å². The number of rotatable bonds is 5. The second-order valence-corrected chi connectivity index (χ2v) is 12.4. The third-order valence-corrected chi connectivity index (χ3v) is 9.45. The fourth-order valence-electron chi connectivity index (χ4n) is 3.63. The van der Waals surface area contributed by atoms with Crippen LogP contribution in [0.1, 0.15) is 12.8 Å². The molecule has 0 unspecified atom stereocenters. The van der Waals surface area contributed by atoms with Crippen LogP contribution in [0.15, 0.2) is 52.3 Å². The van der Waals surface area contributed by atoms with E-state index < -0.39 is 25.8 Å². The summed E-state index contributed by atoms with van der Waals surface area (Å²) in [7, 11) is -7.76. The molecule has 1 N–H and O–H groups in total. The van der Waals surface area contributed by atoms with Crippen molar-refractivity contribution in [3.63, 3.8) is 0 Å². The number of amides is 1. The summed E-state index contributed by atoms with van der Waals surface area (Å²) < 4.78 is 65.4. The first-order chi connectivity index (χ1) is 15.1. The highest BCUT2D eigenvalue weighted by molar-refractivity contribution is 7.93. The van der Waals surface area contributed by atoms with Crippen LogP contribution in [0.5, 0.6) is 0 Å². The van der Waals surface area contributed by atoms with E-state index >= 15 is 0 Å². The van der Waals surface area contributed by atoms with Crippen LogP contribution in [-0.2, 0) is 24.7 Å². The Morgan fingerprint density at radius 1 is 1.09 bits per heavy atom. The number of nitrogens with one attached hydrogen (secondary N) is 1. The molecule has 2 aromatic carbocycles. The molecule has 8 nitrogen and oxygen atoms in total. The zero-order valence-electron chi connectivity index (χ0n) is 17.0. The van der Waals surface area contributed by atoms with Crippen LogP contribution in [0.4, 0.5) is 9.52 Å². The predicted octanol–water partition coefficient (Wildman–Crippen LogP) is 2.88. The number of carbonyl (C=O) groups excluding carboxylic acids is 1. The van der Waals surface area contributed by atoms with E-state index in [1.165, 1.54) is 46.8 Å². The molecule has 4 rings (SSSR count). The molecule has 1 aliphatic heterocycles. The van der Waals surface area contributed by atoms with Crippen molar-refractivity contribution in [2.24, 2.45) is 5.92 Å². The minimum atomic E-state index is -4.03. The number of nitrogens with zero attached hydrogens (tertiary/aromatic N) is 2. The van der Waals surface area contributed by atoms with Crippen molar-refractivity contribution < 1.29 is 26.0 Å². The number of anilines is 1. The average molecular weight is 498 g/mol. The molecule has 0 atom stereocenters. The molecule has 1 aromatic heterocycles. The number of hydrogen-bond acceptors (Lipinski definition) is 7. The van der Waals surface area contributed by atoms with Crippen LogP contribution in [0, 0.1) is 11.7 Å². The molecule has 0 aliphatic carbocycles. The first kappa shape index (κ1) is 22.8. The molecule has 0 saturated carbocycles. The van der Waals surface area contributed by atoms with Crippen LogP contribution in [0.3, 0.4) is 0 Å². The van der Waals surface area contributed by atoms with Gasteiger partial charge in [0.1, 0.15) is 10.7 Å². The Labute approximate surface area is 189 Å². The van der Waals surface area contributed by atoms with Gasteiger partial charge in [0.2, 0.25) is 15.9 Å². The van der Waals surface area contributed by atoms with Crippen molar-refractivity contribution in [3.05, 3.63) is 48.3 Å². The maximum atomic E-state index is 13.3. The fraction of sp³-hybridized carbons (Fsp3) is 0.300. The smallest absolute Gasteiger partial charge is 0.244 e. The second-order valence-electron chi connectivity index (χ2n) is 7.52. The van der Waals surface area contributed by atoms with Gasteiger partial charge >= 0.3 is 0 Å². The Balaban J connectivity index is 1.45. The van der Waals surface area contributed by atoms with E-state index in [1.807, 2.05) is 0 Å². The van der Waals surface area contributed by atoms with Crippen molar-refractivity contribution in [2.75, 3.05) is 24.7 Å². The topological polar surface area (TPSA) is 114 Å². The highest BCUT2D eigenvalue weighted by atomic mass is 32.2. The van der Waals surface area contributed by atoms with E-state index in [4.69, 9.17) is 0 Å². The van der Waals surface area contributed by atoms with Gasteiger partial charge in [-0.05, 0) is 43.2 Å². The zero-order chi connectivity index (χ0) is 23.1. The molecule has 0 radical (unpaired) electrons. The SMILES string of the molecule is CS(=O)(=O)c1ccccc1S(=O)(=O)N1CCC(C(=O)Nc2nc3ccc(F)cc3s2)CC1. The summed E-state index contributed by atoms with van der Waals surface area (Å²) in [6.07, 6.45) is 1.53. The van der Waals surface area contributed by atoms with Crippen LogP contribution >= 0.6 is 11.3 Å². The molecule has 1 amide bonds. The lowest BCUT2D eigenvalue weighted by Crippen LogP contribution is -2.41. The highest BCUT2D eigenvalue weighted by Crippen LogP contribution is 2.30. The van der Waals surface area contributed by atoms with Gasteiger partial charge in [0.15, 0.2) is 15.0 Å². The summed E-state index contributed by atoms with van der Waals surface area (Å²) in [4.78, 5) is 16.4. The Bertz CT molecular complexity index is 1390. The van der Waals surface area contributed by atoms with Crippen molar-refractivity contribution in [3.8, 4) is 0 Å². The number of carbonyl (C=O) groups is 1. The van der Waals surface area contributed by atoms with Crippen LogP contribution in [0.25, 0.3) is 10.2 Å². The summed E-state index contributed by atoms with van der Waals surface area (Å²) in [6, 6.07) is 9.68. The van der Waals surface area contributed by atoms with Gasteiger partial charge in [-0.2, -0.15) is 4.31 Å². The molecule has 3 aromatic rings. The van der Waals surface area contributed by atoms with Gasteiger partial charge in [-0.15, -0.1) is 0 Å². The van der Waals surface area contributed by atoms with Crippen LogP contribution in [-0.4, -0.2) is 51.4 Å². The monoisotopic (exact) mass is 497 g/mol. The number of sulfone groups is 1. The summed E-state index contributed by atoms with van der Waals surface area (Å²) >= 11 is 1.16. The molecule has 1 saturated heterocycles. The molecule has 12 heteroatoms. The lowest BCUT2D eigenvalue weighted by molar-refractivity contribution is -0.120. The maximum Gasteiger partial charge on any atom is 0.244 e. The number of hydrogen-bond donors (Lipinski definition) is 1. The maximum absolute atomic E-state index is 13.3. The second kappa shape index (κ2) is 8.50. The van der Waals surface area contributed by atoms with Gasteiger partial charge in [-0.3, -0.25) is 4.79 Å². The quantitative estimate of drug-likeness (QED) is 0.580. The fourth-order valence-corrected chi connectivity index (χ4v) is 7.59. The number of piperidine rings is 1. The normalized spacial score (nSPS) is 16.3. The highest BCUT2D eigenvalue weighted by Gasteiger charge is 2.34. The molecule has 170 valence electrons. The summed E-state index contributed by atoms with van der Waals surface area (Å²) in [6.45, 7) is 0.174. The predicted molar refractivity (Wildman–Crippen MR) is 119 cm³/mol. The Hall–Kier alpha value is -2.41. The van der Waals surface area contributed by atoms with Gasteiger partial charge < -0.3 is 5.32 Å². The van der Waals surface area contributed by atoms with Crippen molar-refractivity contribution >= 4 is 52.5 Å². The van der Waals surface area contributed by atoms with Gasteiger partial charge in [0.05, 0.1) is 15.1 Å². The minimum Gasteiger partial charge on any atom is -0.302 e. The molecular formula is C20H20FN3O5S3. The van der Waals surface area contributed by atoms with E-state index in [0.717, 1.165) is 17.6 Å². The zero-order valence-corrected chi connectivity index (χ0v) is 19.4. The summed E-state index contributed by atoms with van der Waals surface area (Å²) in [5.74, 6) is -1.08. The third kappa shape index (κ3) is 4.53. The van der Waals surface area contributed by atoms with E-state index in [1.54, 1.807) is 0 Å². The Morgan fingerprint density at radius 2 is 1.75 bits per heavy atom. The molecule has 2 heterocycles. The van der Waals surface area contributed by atoms with Gasteiger partial charge in [-0.25, -0.2) is 26.2 Å². The molecular weight excluding hydrogens is 477 g/mol. The average Bonchev–Trinajstić information content (AvgIpc) is 3.14. The molecule has 32 heavy (non-hydrogen) atoms. The number of sulfonamides is 1. The minimum absolute atomic E-state index is 0.0869. The molecule has 0 bridgehead atoms. The largest absolute Gasteiger partial charge is 0.302 e. The number of fused-ring (bicyclic) bond motifs is 1. The standard InChI is InChI=1S/C20H20FN3O5S3/c1-31(26,27)17-4-2-3-5-18(17)32(28,29)24-10-8-13(9-11-24)19(25)23-20-22-15-7-6-14(21)12-16(15)30-20/h2-7,12-13H,8-11H2,1H3,(H,22,23,25). The molecule has 0 spiro atoms. The molecule has 1 aliphatic rings. The number of aromatic nitrogens is 1. The first-order valence-electron chi connectivity index (χ1n) is 9.72. The Morgan fingerprint density at radius 3 is 2.41 bits per heavy atom. The van der Waals surface area contributed by atoms with E-state index in [2.05, 4.69) is 10.3 Å². The van der Waals surface area contributed by atoms with Crippen LogP contribution in [0.2, 0.25) is 0 Å². The van der Waals surface area contributed by atoms with E-state index in [0.29, 0.717) is 15.3 Å². The Kier molecular flexibility index (Phi) is 6.05. The lowest BCUT2D eigenvalue weighted by atomic mass is 9.97. The summed E-state index contributed by atoms with van der Waals surface area (Å²) in [5.41, 5.74) is 0.581. The van der Waals surface area contributed by atoms with E-state index in [-0.39, 0.29) is 47.4 Å². The number of halogens is 1. The van der Waals surface area contributed by atoms with Gasteiger partial charge in [-0.1, -0.05) is 23.5 Å². The van der Waals surface area contributed by atoms with Crippen molar-refractivity contribution in [2.45, 2.75) is 22.6 Å². The summed E-state index contributed by atoms with van der Waals surface area (Å²) in [5, 5.41) is 3.09. The lowest BCUT2D eigenvalue weighted by Gasteiger charge is -2.30. The van der Waals surface area contributed by atoms with Gasteiger partial charge in [0.25, 0.3) is 0 Å². The van der Waals surface area contributed by atoms with Crippen molar-refractivity contribution in [1.82, 2.24) is 9.29 Å². The first-order valence-corrected chi connectivity index (χ1v) is 13.9. The third-order valence-electron chi connectivity index (χ3n) is 5.27. The van der Waals surface area contributed by atoms with Gasteiger partial charge in [0, 0.05) is 25.3 Å². The number of benzene rings is 2. The molecule has 1 fully saturated rings. The van der Waals surface area contributed by atoms with E-state index in [9.17, 15) is 26.0 Å². The number of thiazole rings is 1. The van der Waals surface area contributed by atoms with Crippen molar-refractivity contribution in [1.29, 1.82) is 0 Å².